The number of hydrogen-bond donors (Lipinski definition) is 1. The summed E-state index contributed by atoms with van der Waals surface area (Å²) < 4.78 is 5.36. The minimum absolute atomic E-state index is 0.0298. The van der Waals surface area contributed by atoms with Gasteiger partial charge in [0.25, 0.3) is 5.69 Å². The van der Waals surface area contributed by atoms with Crippen LogP contribution in [0.5, 0.6) is 5.75 Å². The first kappa shape index (κ1) is 13.9. The summed E-state index contributed by atoms with van der Waals surface area (Å²) in [4.78, 5) is 10.1. The van der Waals surface area contributed by atoms with Crippen molar-refractivity contribution in [3.05, 3.63) is 34.4 Å². The molecule has 0 saturated carbocycles. The highest BCUT2D eigenvalue weighted by molar-refractivity contribution is 5.37. The van der Waals surface area contributed by atoms with Crippen LogP contribution in [0.4, 0.5) is 5.69 Å². The van der Waals surface area contributed by atoms with Crippen LogP contribution in [0, 0.1) is 21.4 Å². The first-order chi connectivity index (χ1) is 8.52. The smallest absolute Gasteiger partial charge is 0.273 e. The highest BCUT2D eigenvalue weighted by Crippen LogP contribution is 2.19. The van der Waals surface area contributed by atoms with Gasteiger partial charge in [0.05, 0.1) is 17.1 Å². The molecule has 0 amide bonds. The van der Waals surface area contributed by atoms with E-state index in [2.05, 4.69) is 11.4 Å². The van der Waals surface area contributed by atoms with E-state index >= 15 is 0 Å². The molecule has 1 N–H and O–H groups in total. The van der Waals surface area contributed by atoms with E-state index in [1.165, 1.54) is 12.1 Å². The molecule has 6 nitrogen and oxygen atoms in total. The van der Waals surface area contributed by atoms with E-state index in [0.29, 0.717) is 5.75 Å². The molecule has 1 atom stereocenters. The fourth-order valence-corrected chi connectivity index (χ4v) is 1.39. The second kappa shape index (κ2) is 6.57. The Morgan fingerprint density at radius 2 is 2.28 bits per heavy atom. The SMILES string of the molecule is CC(C)NC(C#N)COc1cccc([N+](=O)[O-])c1. The molecule has 1 rings (SSSR count). The molecule has 0 saturated heterocycles. The predicted octanol–water partition coefficient (Wildman–Crippen LogP) is 1.86. The molecule has 0 aliphatic carbocycles. The Bertz CT molecular complexity index is 454. The third kappa shape index (κ3) is 4.39. The molecule has 0 fully saturated rings. The van der Waals surface area contributed by atoms with E-state index in [1.54, 1.807) is 12.1 Å². The van der Waals surface area contributed by atoms with E-state index < -0.39 is 11.0 Å². The maximum Gasteiger partial charge on any atom is 0.273 e. The lowest BCUT2D eigenvalue weighted by Crippen LogP contribution is -2.37. The Kier molecular flexibility index (Phi) is 5.08. The minimum atomic E-state index is -0.485. The number of hydrogen-bond acceptors (Lipinski definition) is 5. The van der Waals surface area contributed by atoms with Crippen molar-refractivity contribution < 1.29 is 9.66 Å². The van der Waals surface area contributed by atoms with E-state index in [1.807, 2.05) is 13.8 Å². The van der Waals surface area contributed by atoms with Crippen molar-refractivity contribution in [2.24, 2.45) is 0 Å². The Balaban J connectivity index is 2.60. The molecule has 1 aromatic rings. The number of nitrogens with one attached hydrogen (secondary N) is 1. The molecule has 0 bridgehead atoms. The summed E-state index contributed by atoms with van der Waals surface area (Å²) in [7, 11) is 0. The van der Waals surface area contributed by atoms with Crippen molar-refractivity contribution in [2.75, 3.05) is 6.61 Å². The second-order valence-corrected chi connectivity index (χ2v) is 4.07. The maximum atomic E-state index is 10.6. The molecule has 1 unspecified atom stereocenters. The molecule has 0 heterocycles. The Hall–Kier alpha value is -2.13. The number of benzene rings is 1. The lowest BCUT2D eigenvalue weighted by molar-refractivity contribution is -0.384. The second-order valence-electron chi connectivity index (χ2n) is 4.07. The standard InChI is InChI=1S/C12H15N3O3/c1-9(2)14-10(7-13)8-18-12-5-3-4-11(6-12)15(16)17/h3-6,9-10,14H,8H2,1-2H3. The zero-order chi connectivity index (χ0) is 13.5. The number of nitrogens with zero attached hydrogens (tertiary/aromatic N) is 2. The van der Waals surface area contributed by atoms with Gasteiger partial charge in [-0.1, -0.05) is 6.07 Å². The lowest BCUT2D eigenvalue weighted by atomic mass is 10.3. The third-order valence-electron chi connectivity index (χ3n) is 2.14. The van der Waals surface area contributed by atoms with Crippen LogP contribution in [0.2, 0.25) is 0 Å². The van der Waals surface area contributed by atoms with E-state index in [9.17, 15) is 10.1 Å². The van der Waals surface area contributed by atoms with Crippen LogP contribution in [0.15, 0.2) is 24.3 Å². The molecule has 6 heteroatoms. The summed E-state index contributed by atoms with van der Waals surface area (Å²) in [5.41, 5.74) is -0.0298. The van der Waals surface area contributed by atoms with Crippen molar-refractivity contribution in [3.8, 4) is 11.8 Å². The summed E-state index contributed by atoms with van der Waals surface area (Å²) in [6.07, 6.45) is 0. The van der Waals surface area contributed by atoms with E-state index in [-0.39, 0.29) is 18.3 Å². The van der Waals surface area contributed by atoms with Crippen molar-refractivity contribution in [1.82, 2.24) is 5.32 Å². The fraction of sp³-hybridized carbons (Fsp3) is 0.417. The topological polar surface area (TPSA) is 88.2 Å². The average molecular weight is 249 g/mol. The first-order valence-electron chi connectivity index (χ1n) is 5.56. The van der Waals surface area contributed by atoms with Gasteiger partial charge in [0, 0.05) is 12.1 Å². The highest BCUT2D eigenvalue weighted by Gasteiger charge is 2.11. The van der Waals surface area contributed by atoms with Gasteiger partial charge in [-0.2, -0.15) is 5.26 Å². The number of ether oxygens (including phenoxy) is 1. The lowest BCUT2D eigenvalue weighted by Gasteiger charge is -2.15. The van der Waals surface area contributed by atoms with Gasteiger partial charge in [-0.25, -0.2) is 0 Å². The first-order valence-corrected chi connectivity index (χ1v) is 5.56. The average Bonchev–Trinajstić information content (AvgIpc) is 2.34. The van der Waals surface area contributed by atoms with Crippen LogP contribution in [0.3, 0.4) is 0 Å². The summed E-state index contributed by atoms with van der Waals surface area (Å²) >= 11 is 0. The molecular formula is C12H15N3O3. The molecule has 18 heavy (non-hydrogen) atoms. The summed E-state index contributed by atoms with van der Waals surface area (Å²) in [6, 6.07) is 7.70. The summed E-state index contributed by atoms with van der Waals surface area (Å²) in [5, 5.41) is 22.5. The third-order valence-corrected chi connectivity index (χ3v) is 2.14. The van der Waals surface area contributed by atoms with Crippen LogP contribution in [0.25, 0.3) is 0 Å². The Labute approximate surface area is 105 Å². The van der Waals surface area contributed by atoms with Gasteiger partial charge in [0.15, 0.2) is 0 Å². The van der Waals surface area contributed by atoms with Gasteiger partial charge < -0.3 is 4.74 Å². The molecule has 0 aromatic heterocycles. The molecule has 0 aliphatic heterocycles. The zero-order valence-electron chi connectivity index (χ0n) is 10.3. The number of rotatable bonds is 6. The maximum absolute atomic E-state index is 10.6. The van der Waals surface area contributed by atoms with Crippen LogP contribution in [-0.2, 0) is 0 Å². The number of non-ortho nitro benzene ring substituents is 1. The molecular weight excluding hydrogens is 234 g/mol. The van der Waals surface area contributed by atoms with Gasteiger partial charge in [-0.15, -0.1) is 0 Å². The van der Waals surface area contributed by atoms with Gasteiger partial charge in [0.1, 0.15) is 18.4 Å². The van der Waals surface area contributed by atoms with Crippen LogP contribution >= 0.6 is 0 Å². The summed E-state index contributed by atoms with van der Waals surface area (Å²) in [5.74, 6) is 0.384. The molecule has 96 valence electrons. The largest absolute Gasteiger partial charge is 0.491 e. The van der Waals surface area contributed by atoms with Crippen molar-refractivity contribution >= 4 is 5.69 Å². The normalized spacial score (nSPS) is 11.9. The van der Waals surface area contributed by atoms with Gasteiger partial charge in [-0.3, -0.25) is 15.4 Å². The van der Waals surface area contributed by atoms with Crippen molar-refractivity contribution in [3.63, 3.8) is 0 Å². The summed E-state index contributed by atoms with van der Waals surface area (Å²) in [6.45, 7) is 4.01. The minimum Gasteiger partial charge on any atom is -0.491 e. The quantitative estimate of drug-likeness (QED) is 0.614. The highest BCUT2D eigenvalue weighted by atomic mass is 16.6. The van der Waals surface area contributed by atoms with Crippen molar-refractivity contribution in [2.45, 2.75) is 25.9 Å². The van der Waals surface area contributed by atoms with Crippen LogP contribution in [0.1, 0.15) is 13.8 Å². The monoisotopic (exact) mass is 249 g/mol. The number of nitro benzene ring substituents is 1. The molecule has 0 aliphatic rings. The number of nitriles is 1. The van der Waals surface area contributed by atoms with Crippen molar-refractivity contribution in [1.29, 1.82) is 5.26 Å². The van der Waals surface area contributed by atoms with Gasteiger partial charge >= 0.3 is 0 Å². The Morgan fingerprint density at radius 3 is 2.83 bits per heavy atom. The van der Waals surface area contributed by atoms with Gasteiger partial charge in [-0.05, 0) is 19.9 Å². The van der Waals surface area contributed by atoms with Crippen LogP contribution in [-0.4, -0.2) is 23.6 Å². The molecule has 0 spiro atoms. The molecule has 0 radical (unpaired) electrons. The van der Waals surface area contributed by atoms with E-state index in [4.69, 9.17) is 10.00 Å². The Morgan fingerprint density at radius 1 is 1.56 bits per heavy atom. The zero-order valence-corrected chi connectivity index (χ0v) is 10.3. The number of nitro groups is 1. The predicted molar refractivity (Wildman–Crippen MR) is 66.3 cm³/mol. The van der Waals surface area contributed by atoms with E-state index in [0.717, 1.165) is 0 Å². The van der Waals surface area contributed by atoms with Crippen LogP contribution < -0.4 is 10.1 Å². The fourth-order valence-electron chi connectivity index (χ4n) is 1.39. The van der Waals surface area contributed by atoms with Gasteiger partial charge in [0.2, 0.25) is 0 Å². The molecule has 1 aromatic carbocycles.